The minimum atomic E-state index is -0.681. The maximum Gasteiger partial charge on any atom is 0.312 e. The second kappa shape index (κ2) is 11.2. The van der Waals surface area contributed by atoms with Crippen LogP contribution in [-0.4, -0.2) is 41.1 Å². The Labute approximate surface area is 197 Å². The van der Waals surface area contributed by atoms with Crippen LogP contribution in [0.1, 0.15) is 18.1 Å². The number of hydrogen-bond donors (Lipinski definition) is 1. The highest BCUT2D eigenvalue weighted by Crippen LogP contribution is 2.26. The van der Waals surface area contributed by atoms with Crippen LogP contribution in [0.5, 0.6) is 0 Å². The number of carbonyl (C=O) groups excluding carboxylic acids is 1. The minimum Gasteiger partial charge on any atom is -0.490 e. The lowest BCUT2D eigenvalue weighted by Gasteiger charge is -2.24. The van der Waals surface area contributed by atoms with E-state index in [-0.39, 0.29) is 19.0 Å². The van der Waals surface area contributed by atoms with Gasteiger partial charge in [-0.25, -0.2) is 13.8 Å². The molecule has 0 spiro atoms. The first-order valence-corrected chi connectivity index (χ1v) is 10.7. The van der Waals surface area contributed by atoms with E-state index in [9.17, 15) is 13.6 Å². The molecule has 9 heteroatoms. The van der Waals surface area contributed by atoms with Gasteiger partial charge in [0.25, 0.3) is 0 Å². The second-order valence-corrected chi connectivity index (χ2v) is 7.59. The number of ether oxygens (including phenoxy) is 1. The number of nitrogens with one attached hydrogen (secondary N) is 1. The number of methoxy groups -OCH3 is 1. The molecule has 1 N–H and O–H groups in total. The number of halogens is 2. The standard InChI is InChI=1S/C25H27F2N5O2/c1-5-18-6-7-19(23-8-9-30-31(23)3)12-22(18)29-16-32(15-24(34-4)25(33)28-2)14-17-10-20(26)13-21(27)11-17/h6-13,15,29H,2,5,14,16H2,1,3-4H3/b24-15+. The average Bonchev–Trinajstić information content (AvgIpc) is 3.25. The highest BCUT2D eigenvalue weighted by Gasteiger charge is 2.13. The van der Waals surface area contributed by atoms with Crippen molar-refractivity contribution in [3.05, 3.63) is 83.4 Å². The Morgan fingerprint density at radius 2 is 1.97 bits per heavy atom. The molecule has 3 rings (SSSR count). The summed E-state index contributed by atoms with van der Waals surface area (Å²) in [5, 5.41) is 7.60. The monoisotopic (exact) mass is 467 g/mol. The number of rotatable bonds is 10. The number of amides is 1. The predicted octanol–water partition coefficient (Wildman–Crippen LogP) is 4.51. The van der Waals surface area contributed by atoms with Gasteiger partial charge in [0.05, 0.1) is 19.5 Å². The predicted molar refractivity (Wildman–Crippen MR) is 128 cm³/mol. The lowest BCUT2D eigenvalue weighted by atomic mass is 10.0. The van der Waals surface area contributed by atoms with Crippen molar-refractivity contribution in [1.82, 2.24) is 14.7 Å². The van der Waals surface area contributed by atoms with Crippen LogP contribution in [0.4, 0.5) is 14.5 Å². The van der Waals surface area contributed by atoms with Crippen LogP contribution in [0.15, 0.2) is 65.6 Å². The second-order valence-electron chi connectivity index (χ2n) is 7.59. The van der Waals surface area contributed by atoms with Crippen molar-refractivity contribution < 1.29 is 18.3 Å². The molecule has 178 valence electrons. The van der Waals surface area contributed by atoms with E-state index in [1.807, 2.05) is 31.3 Å². The number of hydrogen-bond acceptors (Lipinski definition) is 5. The summed E-state index contributed by atoms with van der Waals surface area (Å²) in [5.74, 6) is -2.06. The van der Waals surface area contributed by atoms with Gasteiger partial charge in [0.15, 0.2) is 0 Å². The fourth-order valence-electron chi connectivity index (χ4n) is 3.58. The van der Waals surface area contributed by atoms with Crippen molar-refractivity contribution in [3.63, 3.8) is 0 Å². The Kier molecular flexibility index (Phi) is 8.13. The molecule has 1 amide bonds. The largest absolute Gasteiger partial charge is 0.490 e. The molecule has 3 aromatic rings. The van der Waals surface area contributed by atoms with Gasteiger partial charge in [-0.1, -0.05) is 19.1 Å². The third-order valence-corrected chi connectivity index (χ3v) is 5.26. The molecule has 0 aliphatic heterocycles. The highest BCUT2D eigenvalue weighted by atomic mass is 19.1. The number of nitrogens with zero attached hydrogens (tertiary/aromatic N) is 4. The average molecular weight is 468 g/mol. The summed E-state index contributed by atoms with van der Waals surface area (Å²) in [5.41, 5.74) is 4.31. The Morgan fingerprint density at radius 3 is 2.56 bits per heavy atom. The van der Waals surface area contributed by atoms with Gasteiger partial charge in [0.1, 0.15) is 11.6 Å². The molecule has 0 saturated heterocycles. The van der Waals surface area contributed by atoms with E-state index < -0.39 is 17.5 Å². The van der Waals surface area contributed by atoms with Crippen molar-refractivity contribution in [3.8, 4) is 11.3 Å². The first kappa shape index (κ1) is 24.6. The molecule has 1 aromatic heterocycles. The first-order chi connectivity index (χ1) is 16.3. The molecule has 0 fully saturated rings. The van der Waals surface area contributed by atoms with E-state index in [4.69, 9.17) is 4.74 Å². The maximum absolute atomic E-state index is 13.8. The van der Waals surface area contributed by atoms with Gasteiger partial charge in [-0.05, 0) is 48.5 Å². The number of aryl methyl sites for hydroxylation is 2. The van der Waals surface area contributed by atoms with Gasteiger partial charge in [0, 0.05) is 43.3 Å². The van der Waals surface area contributed by atoms with Crippen LogP contribution in [-0.2, 0) is 29.5 Å². The summed E-state index contributed by atoms with van der Waals surface area (Å²) in [6.07, 6.45) is 3.97. The van der Waals surface area contributed by atoms with Crippen molar-refractivity contribution in [1.29, 1.82) is 0 Å². The molecule has 1 heterocycles. The zero-order valence-corrected chi connectivity index (χ0v) is 19.4. The summed E-state index contributed by atoms with van der Waals surface area (Å²) >= 11 is 0. The lowest BCUT2D eigenvalue weighted by molar-refractivity contribution is -0.117. The fourth-order valence-corrected chi connectivity index (χ4v) is 3.58. The van der Waals surface area contributed by atoms with E-state index in [1.165, 1.54) is 25.4 Å². The number of aromatic nitrogens is 2. The van der Waals surface area contributed by atoms with E-state index in [0.717, 1.165) is 35.0 Å². The molecule has 0 bridgehead atoms. The van der Waals surface area contributed by atoms with E-state index >= 15 is 0 Å². The highest BCUT2D eigenvalue weighted by molar-refractivity contribution is 5.94. The van der Waals surface area contributed by atoms with Gasteiger partial charge in [-0.3, -0.25) is 9.48 Å². The summed E-state index contributed by atoms with van der Waals surface area (Å²) in [4.78, 5) is 17.1. The Bertz CT molecular complexity index is 1190. The SMILES string of the molecule is C=NC(=O)/C(=C\N(CNc1cc(-c2ccnn2C)ccc1CC)Cc1cc(F)cc(F)c1)OC. The first-order valence-electron chi connectivity index (χ1n) is 10.7. The molecule has 2 aromatic carbocycles. The van der Waals surface area contributed by atoms with E-state index in [2.05, 4.69) is 29.0 Å². The van der Waals surface area contributed by atoms with Crippen LogP contribution in [0, 0.1) is 11.6 Å². The van der Waals surface area contributed by atoms with Gasteiger partial charge in [-0.2, -0.15) is 5.10 Å². The minimum absolute atomic E-state index is 0.0481. The van der Waals surface area contributed by atoms with Crippen LogP contribution in [0.25, 0.3) is 11.3 Å². The van der Waals surface area contributed by atoms with Crippen molar-refractivity contribution in [2.45, 2.75) is 19.9 Å². The lowest BCUT2D eigenvalue weighted by Crippen LogP contribution is -2.26. The number of benzene rings is 2. The van der Waals surface area contributed by atoms with Crippen LogP contribution >= 0.6 is 0 Å². The molecule has 0 aliphatic rings. The van der Waals surface area contributed by atoms with E-state index in [0.29, 0.717) is 5.56 Å². The molecule has 7 nitrogen and oxygen atoms in total. The maximum atomic E-state index is 13.8. The van der Waals surface area contributed by atoms with Crippen molar-refractivity contribution in [2.24, 2.45) is 12.0 Å². The Morgan fingerprint density at radius 1 is 1.24 bits per heavy atom. The van der Waals surface area contributed by atoms with Crippen LogP contribution in [0.2, 0.25) is 0 Å². The zero-order chi connectivity index (χ0) is 24.7. The number of anilines is 1. The molecule has 0 aliphatic carbocycles. The van der Waals surface area contributed by atoms with Crippen LogP contribution < -0.4 is 5.32 Å². The molecule has 0 unspecified atom stereocenters. The molecular formula is C25H27F2N5O2. The van der Waals surface area contributed by atoms with Crippen LogP contribution in [0.3, 0.4) is 0 Å². The third kappa shape index (κ3) is 6.06. The Balaban J connectivity index is 1.91. The molecule has 0 saturated carbocycles. The topological polar surface area (TPSA) is 71.8 Å². The molecule has 34 heavy (non-hydrogen) atoms. The van der Waals surface area contributed by atoms with Gasteiger partial charge in [-0.15, -0.1) is 0 Å². The quantitative estimate of drug-likeness (QED) is 0.206. The fraction of sp³-hybridized carbons (Fsp3) is 0.240. The van der Waals surface area contributed by atoms with Gasteiger partial charge in [0.2, 0.25) is 5.76 Å². The van der Waals surface area contributed by atoms with Gasteiger partial charge < -0.3 is 15.0 Å². The summed E-state index contributed by atoms with van der Waals surface area (Å²) in [6.45, 7) is 5.62. The van der Waals surface area contributed by atoms with E-state index in [1.54, 1.807) is 15.8 Å². The molecule has 0 atom stereocenters. The smallest absolute Gasteiger partial charge is 0.312 e. The number of carbonyl (C=O) groups is 1. The molecule has 0 radical (unpaired) electrons. The number of aliphatic imine (C=N–C) groups is 1. The van der Waals surface area contributed by atoms with Crippen molar-refractivity contribution in [2.75, 3.05) is 19.1 Å². The Hall–Kier alpha value is -4.01. The normalized spacial score (nSPS) is 11.3. The van der Waals surface area contributed by atoms with Gasteiger partial charge >= 0.3 is 5.91 Å². The van der Waals surface area contributed by atoms with Crippen molar-refractivity contribution >= 4 is 18.3 Å². The summed E-state index contributed by atoms with van der Waals surface area (Å²) in [7, 11) is 3.21. The summed E-state index contributed by atoms with van der Waals surface area (Å²) in [6, 6.07) is 11.3. The zero-order valence-electron chi connectivity index (χ0n) is 19.4. The summed E-state index contributed by atoms with van der Waals surface area (Å²) < 4.78 is 34.4. The third-order valence-electron chi connectivity index (χ3n) is 5.26. The molecular weight excluding hydrogens is 440 g/mol.